The first-order chi connectivity index (χ1) is 10.1. The molecule has 1 heterocycles. The van der Waals surface area contributed by atoms with Crippen LogP contribution in [0.25, 0.3) is 10.9 Å². The molecule has 1 aromatic heterocycles. The molecule has 4 heteroatoms. The monoisotopic (exact) mass is 285 g/mol. The largest absolute Gasteiger partial charge is 0.397 e. The number of amides is 1. The van der Waals surface area contributed by atoms with E-state index in [0.717, 1.165) is 23.2 Å². The van der Waals surface area contributed by atoms with Gasteiger partial charge in [-0.25, -0.2) is 0 Å². The third kappa shape index (κ3) is 2.50. The van der Waals surface area contributed by atoms with E-state index in [1.54, 1.807) is 0 Å². The summed E-state index contributed by atoms with van der Waals surface area (Å²) >= 11 is 0. The molecule has 1 aromatic carbocycles. The van der Waals surface area contributed by atoms with E-state index in [9.17, 15) is 4.79 Å². The SMILES string of the molecule is CCC1CCC(NC(=O)c2cc3cccc(N)c3[nH]2)C1C. The van der Waals surface area contributed by atoms with Gasteiger partial charge in [-0.3, -0.25) is 4.79 Å². The highest BCUT2D eigenvalue weighted by molar-refractivity contribution is 6.00. The van der Waals surface area contributed by atoms with Crippen molar-refractivity contribution in [2.75, 3.05) is 5.73 Å². The third-order valence-corrected chi connectivity index (χ3v) is 5.00. The Morgan fingerprint density at radius 3 is 2.90 bits per heavy atom. The third-order valence-electron chi connectivity index (χ3n) is 5.00. The zero-order valence-corrected chi connectivity index (χ0v) is 12.6. The van der Waals surface area contributed by atoms with Gasteiger partial charge >= 0.3 is 0 Å². The van der Waals surface area contributed by atoms with Crippen molar-refractivity contribution in [1.82, 2.24) is 10.3 Å². The summed E-state index contributed by atoms with van der Waals surface area (Å²) in [5.41, 5.74) is 8.04. The molecule has 112 valence electrons. The average molecular weight is 285 g/mol. The molecule has 1 fully saturated rings. The van der Waals surface area contributed by atoms with Gasteiger partial charge in [0.1, 0.15) is 5.69 Å². The first-order valence-corrected chi connectivity index (χ1v) is 7.78. The van der Waals surface area contributed by atoms with E-state index >= 15 is 0 Å². The number of carbonyl (C=O) groups is 1. The van der Waals surface area contributed by atoms with Crippen molar-refractivity contribution in [1.29, 1.82) is 0 Å². The molecule has 0 aliphatic heterocycles. The molecule has 1 aliphatic rings. The molecule has 0 radical (unpaired) electrons. The summed E-state index contributed by atoms with van der Waals surface area (Å²) in [7, 11) is 0. The van der Waals surface area contributed by atoms with Crippen LogP contribution < -0.4 is 11.1 Å². The number of rotatable bonds is 3. The minimum atomic E-state index is -0.0285. The highest BCUT2D eigenvalue weighted by Crippen LogP contribution is 2.34. The Bertz CT molecular complexity index is 661. The molecule has 0 bridgehead atoms. The molecule has 21 heavy (non-hydrogen) atoms. The Morgan fingerprint density at radius 1 is 1.43 bits per heavy atom. The summed E-state index contributed by atoms with van der Waals surface area (Å²) in [5.74, 6) is 1.25. The van der Waals surface area contributed by atoms with Crippen molar-refractivity contribution in [2.24, 2.45) is 11.8 Å². The quantitative estimate of drug-likeness (QED) is 0.757. The fourth-order valence-electron chi connectivity index (χ4n) is 3.58. The maximum Gasteiger partial charge on any atom is 0.267 e. The summed E-state index contributed by atoms with van der Waals surface area (Å²) in [6, 6.07) is 7.86. The van der Waals surface area contributed by atoms with Crippen molar-refractivity contribution in [3.63, 3.8) is 0 Å². The standard InChI is InChI=1S/C17H23N3O/c1-3-11-7-8-14(10(11)2)20-17(21)15-9-12-5-4-6-13(18)16(12)19-15/h4-6,9-11,14,19H,3,7-8,18H2,1-2H3,(H,20,21). The molecule has 1 aliphatic carbocycles. The van der Waals surface area contributed by atoms with Crippen molar-refractivity contribution >= 4 is 22.5 Å². The molecule has 1 amide bonds. The lowest BCUT2D eigenvalue weighted by atomic mass is 9.93. The maximum atomic E-state index is 12.4. The van der Waals surface area contributed by atoms with Crippen molar-refractivity contribution in [3.05, 3.63) is 30.0 Å². The van der Waals surface area contributed by atoms with Crippen LogP contribution in [0.15, 0.2) is 24.3 Å². The van der Waals surface area contributed by atoms with Gasteiger partial charge in [0.25, 0.3) is 5.91 Å². The highest BCUT2D eigenvalue weighted by Gasteiger charge is 2.32. The summed E-state index contributed by atoms with van der Waals surface area (Å²) in [6.45, 7) is 4.47. The van der Waals surface area contributed by atoms with Crippen molar-refractivity contribution in [3.8, 4) is 0 Å². The fourth-order valence-corrected chi connectivity index (χ4v) is 3.58. The Kier molecular flexibility index (Phi) is 3.62. The summed E-state index contributed by atoms with van der Waals surface area (Å²) in [6.07, 6.45) is 3.48. The van der Waals surface area contributed by atoms with E-state index in [4.69, 9.17) is 5.73 Å². The van der Waals surface area contributed by atoms with Crippen LogP contribution >= 0.6 is 0 Å². The molecule has 4 N–H and O–H groups in total. The van der Waals surface area contributed by atoms with E-state index in [1.807, 2.05) is 24.3 Å². The molecular formula is C17H23N3O. The second-order valence-electron chi connectivity index (χ2n) is 6.18. The van der Waals surface area contributed by atoms with E-state index in [-0.39, 0.29) is 11.9 Å². The van der Waals surface area contributed by atoms with Gasteiger partial charge in [-0.1, -0.05) is 32.4 Å². The van der Waals surface area contributed by atoms with Crippen LogP contribution in [0, 0.1) is 11.8 Å². The van der Waals surface area contributed by atoms with E-state index in [2.05, 4.69) is 24.1 Å². The lowest BCUT2D eigenvalue weighted by molar-refractivity contribution is 0.0922. The predicted octanol–water partition coefficient (Wildman–Crippen LogP) is 3.30. The molecule has 0 saturated heterocycles. The Balaban J connectivity index is 1.77. The van der Waals surface area contributed by atoms with Gasteiger partial charge in [0, 0.05) is 11.4 Å². The van der Waals surface area contributed by atoms with E-state index < -0.39 is 0 Å². The fraction of sp³-hybridized carbons (Fsp3) is 0.471. The molecule has 2 aromatic rings. The van der Waals surface area contributed by atoms with Crippen molar-refractivity contribution < 1.29 is 4.79 Å². The number of nitrogens with two attached hydrogens (primary N) is 1. The second kappa shape index (κ2) is 5.43. The first kappa shape index (κ1) is 14.0. The van der Waals surface area contributed by atoms with Crippen LogP contribution in [0.4, 0.5) is 5.69 Å². The molecule has 4 nitrogen and oxygen atoms in total. The number of carbonyl (C=O) groups excluding carboxylic acids is 1. The minimum absolute atomic E-state index is 0.0285. The molecular weight excluding hydrogens is 262 g/mol. The minimum Gasteiger partial charge on any atom is -0.397 e. The number of hydrogen-bond acceptors (Lipinski definition) is 2. The number of aromatic nitrogens is 1. The zero-order chi connectivity index (χ0) is 15.0. The predicted molar refractivity (Wildman–Crippen MR) is 86.1 cm³/mol. The molecule has 3 unspecified atom stereocenters. The smallest absolute Gasteiger partial charge is 0.267 e. The maximum absolute atomic E-state index is 12.4. The van der Waals surface area contributed by atoms with Gasteiger partial charge in [-0.05, 0) is 36.8 Å². The summed E-state index contributed by atoms with van der Waals surface area (Å²) < 4.78 is 0. The normalized spacial score (nSPS) is 25.3. The van der Waals surface area contributed by atoms with Gasteiger partial charge in [-0.15, -0.1) is 0 Å². The van der Waals surface area contributed by atoms with Crippen LogP contribution in [0.1, 0.15) is 43.6 Å². The molecule has 1 saturated carbocycles. The molecule has 0 spiro atoms. The summed E-state index contributed by atoms with van der Waals surface area (Å²) in [5, 5.41) is 4.16. The number of fused-ring (bicyclic) bond motifs is 1. The zero-order valence-electron chi connectivity index (χ0n) is 12.6. The Morgan fingerprint density at radius 2 is 2.24 bits per heavy atom. The average Bonchev–Trinajstić information content (AvgIpc) is 3.05. The van der Waals surface area contributed by atoms with Crippen LogP contribution in [0.3, 0.4) is 0 Å². The number of hydrogen-bond donors (Lipinski definition) is 3. The van der Waals surface area contributed by atoms with E-state index in [0.29, 0.717) is 17.3 Å². The second-order valence-corrected chi connectivity index (χ2v) is 6.18. The number of benzene rings is 1. The highest BCUT2D eigenvalue weighted by atomic mass is 16.1. The number of H-pyrrole nitrogens is 1. The Labute approximate surface area is 125 Å². The topological polar surface area (TPSA) is 70.9 Å². The lowest BCUT2D eigenvalue weighted by Crippen LogP contribution is -2.37. The summed E-state index contributed by atoms with van der Waals surface area (Å²) in [4.78, 5) is 15.6. The number of nitrogens with one attached hydrogen (secondary N) is 2. The van der Waals surface area contributed by atoms with Crippen molar-refractivity contribution in [2.45, 2.75) is 39.2 Å². The van der Waals surface area contributed by atoms with Crippen LogP contribution in [-0.4, -0.2) is 16.9 Å². The Hall–Kier alpha value is -1.97. The van der Waals surface area contributed by atoms with Gasteiger partial charge < -0.3 is 16.0 Å². The molecule has 3 atom stereocenters. The van der Waals surface area contributed by atoms with E-state index in [1.165, 1.54) is 12.8 Å². The van der Waals surface area contributed by atoms with Crippen LogP contribution in [0.2, 0.25) is 0 Å². The van der Waals surface area contributed by atoms with Gasteiger partial charge in [-0.2, -0.15) is 0 Å². The number of para-hydroxylation sites is 1. The first-order valence-electron chi connectivity index (χ1n) is 7.78. The lowest BCUT2D eigenvalue weighted by Gasteiger charge is -2.20. The van der Waals surface area contributed by atoms with Crippen LogP contribution in [-0.2, 0) is 0 Å². The van der Waals surface area contributed by atoms with Gasteiger partial charge in [0.15, 0.2) is 0 Å². The number of aromatic amines is 1. The molecule has 3 rings (SSSR count). The van der Waals surface area contributed by atoms with Gasteiger partial charge in [0.2, 0.25) is 0 Å². The number of nitrogen functional groups attached to an aromatic ring is 1. The van der Waals surface area contributed by atoms with Gasteiger partial charge in [0.05, 0.1) is 11.2 Å². The van der Waals surface area contributed by atoms with Crippen LogP contribution in [0.5, 0.6) is 0 Å². The number of anilines is 1.